The molecule has 1 N–H and O–H groups in total. The first-order valence-electron chi connectivity index (χ1n) is 4.95. The molecule has 0 radical (unpaired) electrons. The topological polar surface area (TPSA) is 41.6 Å². The Balaban J connectivity index is 1.63. The summed E-state index contributed by atoms with van der Waals surface area (Å²) >= 11 is 0. The third-order valence-electron chi connectivity index (χ3n) is 2.68. The van der Waals surface area contributed by atoms with Gasteiger partial charge in [0.2, 0.25) is 5.91 Å². The monoisotopic (exact) mass is 184 g/mol. The lowest BCUT2D eigenvalue weighted by Gasteiger charge is -2.31. The first-order valence-corrected chi connectivity index (χ1v) is 4.95. The van der Waals surface area contributed by atoms with E-state index in [2.05, 4.69) is 5.32 Å². The van der Waals surface area contributed by atoms with Gasteiger partial charge in [0.1, 0.15) is 0 Å². The molecule has 0 aromatic carbocycles. The number of nitrogens with one attached hydrogen (secondary N) is 1. The molecule has 2 fully saturated rings. The van der Waals surface area contributed by atoms with Crippen LogP contribution in [0.4, 0.5) is 0 Å². The summed E-state index contributed by atoms with van der Waals surface area (Å²) in [5.41, 5.74) is 0. The Morgan fingerprint density at radius 2 is 2.38 bits per heavy atom. The van der Waals surface area contributed by atoms with Crippen molar-refractivity contribution in [1.82, 2.24) is 10.2 Å². The van der Waals surface area contributed by atoms with Gasteiger partial charge < -0.3 is 15.0 Å². The predicted molar refractivity (Wildman–Crippen MR) is 48.4 cm³/mol. The average Bonchev–Trinajstić information content (AvgIpc) is 2.49. The van der Waals surface area contributed by atoms with Crippen molar-refractivity contribution in [3.63, 3.8) is 0 Å². The van der Waals surface area contributed by atoms with Crippen LogP contribution in [0.2, 0.25) is 0 Å². The number of ether oxygens (including phenoxy) is 1. The van der Waals surface area contributed by atoms with Crippen molar-refractivity contribution < 1.29 is 9.53 Å². The standard InChI is InChI=1S/C9H16N2O2/c12-9(11-3-1-4-11)6-10-8-2-5-13-7-8/h8,10H,1-7H2/t8-/m1/s1. The molecule has 4 heteroatoms. The Bertz CT molecular complexity index is 186. The minimum atomic E-state index is 0.234. The van der Waals surface area contributed by atoms with E-state index in [0.29, 0.717) is 12.6 Å². The number of likely N-dealkylation sites (tertiary alicyclic amines) is 1. The zero-order valence-electron chi connectivity index (χ0n) is 7.79. The van der Waals surface area contributed by atoms with E-state index in [-0.39, 0.29) is 5.91 Å². The van der Waals surface area contributed by atoms with Crippen molar-refractivity contribution in [2.24, 2.45) is 0 Å². The lowest BCUT2D eigenvalue weighted by atomic mass is 10.2. The molecule has 2 aliphatic rings. The number of nitrogens with zero attached hydrogens (tertiary/aromatic N) is 1. The average molecular weight is 184 g/mol. The van der Waals surface area contributed by atoms with E-state index in [1.54, 1.807) is 0 Å². The molecular weight excluding hydrogens is 168 g/mol. The van der Waals surface area contributed by atoms with Crippen LogP contribution >= 0.6 is 0 Å². The largest absolute Gasteiger partial charge is 0.380 e. The van der Waals surface area contributed by atoms with Crippen molar-refractivity contribution in [3.8, 4) is 0 Å². The highest BCUT2D eigenvalue weighted by atomic mass is 16.5. The maximum absolute atomic E-state index is 11.4. The maximum atomic E-state index is 11.4. The molecule has 2 aliphatic heterocycles. The minimum absolute atomic E-state index is 0.234. The molecule has 4 nitrogen and oxygen atoms in total. The highest BCUT2D eigenvalue weighted by molar-refractivity contribution is 5.78. The molecule has 13 heavy (non-hydrogen) atoms. The van der Waals surface area contributed by atoms with Crippen molar-refractivity contribution >= 4 is 5.91 Å². The van der Waals surface area contributed by atoms with Crippen LogP contribution in [0, 0.1) is 0 Å². The van der Waals surface area contributed by atoms with Gasteiger partial charge in [-0.3, -0.25) is 4.79 Å². The third kappa shape index (κ3) is 2.19. The molecule has 0 aromatic heterocycles. The molecular formula is C9H16N2O2. The number of carbonyl (C=O) groups is 1. The smallest absolute Gasteiger partial charge is 0.236 e. The normalized spacial score (nSPS) is 27.4. The van der Waals surface area contributed by atoms with E-state index in [4.69, 9.17) is 4.74 Å². The summed E-state index contributed by atoms with van der Waals surface area (Å²) in [6.07, 6.45) is 2.20. The van der Waals surface area contributed by atoms with Crippen LogP contribution in [0.3, 0.4) is 0 Å². The van der Waals surface area contributed by atoms with Gasteiger partial charge in [0.05, 0.1) is 13.2 Å². The van der Waals surface area contributed by atoms with Gasteiger partial charge in [-0.15, -0.1) is 0 Å². The lowest BCUT2D eigenvalue weighted by Crippen LogP contribution is -2.47. The maximum Gasteiger partial charge on any atom is 0.236 e. The molecule has 1 atom stereocenters. The molecule has 0 aromatic rings. The van der Waals surface area contributed by atoms with Gasteiger partial charge in [-0.25, -0.2) is 0 Å². The summed E-state index contributed by atoms with van der Waals surface area (Å²) in [5.74, 6) is 0.234. The van der Waals surface area contributed by atoms with Gasteiger partial charge >= 0.3 is 0 Å². The Hall–Kier alpha value is -0.610. The van der Waals surface area contributed by atoms with Crippen LogP contribution in [-0.2, 0) is 9.53 Å². The molecule has 0 saturated carbocycles. The van der Waals surface area contributed by atoms with Gasteiger partial charge in [-0.2, -0.15) is 0 Å². The zero-order chi connectivity index (χ0) is 9.10. The molecule has 0 aliphatic carbocycles. The van der Waals surface area contributed by atoms with Crippen molar-refractivity contribution in [1.29, 1.82) is 0 Å². The number of hydrogen-bond acceptors (Lipinski definition) is 3. The Morgan fingerprint density at radius 1 is 1.54 bits per heavy atom. The molecule has 1 amide bonds. The summed E-state index contributed by atoms with van der Waals surface area (Å²) in [6, 6.07) is 0.394. The number of amides is 1. The Kier molecular flexibility index (Phi) is 2.80. The fraction of sp³-hybridized carbons (Fsp3) is 0.889. The molecule has 2 heterocycles. The van der Waals surface area contributed by atoms with Crippen LogP contribution in [0.25, 0.3) is 0 Å². The first kappa shape index (κ1) is 8.97. The van der Waals surface area contributed by atoms with Crippen LogP contribution in [0.1, 0.15) is 12.8 Å². The SMILES string of the molecule is O=C(CN[C@@H]1CCOC1)N1CCC1. The Labute approximate surface area is 78.2 Å². The first-order chi connectivity index (χ1) is 6.36. The molecule has 74 valence electrons. The number of hydrogen-bond donors (Lipinski definition) is 1. The van der Waals surface area contributed by atoms with E-state index in [9.17, 15) is 4.79 Å². The molecule has 0 unspecified atom stereocenters. The lowest BCUT2D eigenvalue weighted by molar-refractivity contribution is -0.133. The molecule has 2 saturated heterocycles. The summed E-state index contributed by atoms with van der Waals surface area (Å²) in [7, 11) is 0. The highest BCUT2D eigenvalue weighted by Crippen LogP contribution is 2.06. The van der Waals surface area contributed by atoms with E-state index in [0.717, 1.165) is 39.1 Å². The highest BCUT2D eigenvalue weighted by Gasteiger charge is 2.21. The summed E-state index contributed by atoms with van der Waals surface area (Å²) < 4.78 is 5.20. The number of rotatable bonds is 3. The quantitative estimate of drug-likeness (QED) is 0.648. The van der Waals surface area contributed by atoms with Crippen LogP contribution in [0.5, 0.6) is 0 Å². The van der Waals surface area contributed by atoms with Crippen molar-refractivity contribution in [2.45, 2.75) is 18.9 Å². The van der Waals surface area contributed by atoms with E-state index in [1.165, 1.54) is 0 Å². The second-order valence-electron chi connectivity index (χ2n) is 3.68. The molecule has 2 rings (SSSR count). The summed E-state index contributed by atoms with van der Waals surface area (Å²) in [5, 5.41) is 3.21. The van der Waals surface area contributed by atoms with Gasteiger partial charge in [-0.1, -0.05) is 0 Å². The summed E-state index contributed by atoms with van der Waals surface area (Å²) in [6.45, 7) is 3.96. The van der Waals surface area contributed by atoms with Gasteiger partial charge in [0.15, 0.2) is 0 Å². The zero-order valence-corrected chi connectivity index (χ0v) is 7.79. The number of carbonyl (C=O) groups excluding carboxylic acids is 1. The van der Waals surface area contributed by atoms with E-state index < -0.39 is 0 Å². The second kappa shape index (κ2) is 4.07. The van der Waals surface area contributed by atoms with Crippen LogP contribution in [0.15, 0.2) is 0 Å². The van der Waals surface area contributed by atoms with Gasteiger partial charge in [-0.05, 0) is 12.8 Å². The van der Waals surface area contributed by atoms with Crippen molar-refractivity contribution in [2.75, 3.05) is 32.8 Å². The summed E-state index contributed by atoms with van der Waals surface area (Å²) in [4.78, 5) is 13.3. The van der Waals surface area contributed by atoms with Gasteiger partial charge in [0.25, 0.3) is 0 Å². The molecule has 0 bridgehead atoms. The second-order valence-corrected chi connectivity index (χ2v) is 3.68. The minimum Gasteiger partial charge on any atom is -0.380 e. The third-order valence-corrected chi connectivity index (χ3v) is 2.68. The van der Waals surface area contributed by atoms with Crippen molar-refractivity contribution in [3.05, 3.63) is 0 Å². The fourth-order valence-corrected chi connectivity index (χ4v) is 1.60. The van der Waals surface area contributed by atoms with E-state index >= 15 is 0 Å². The Morgan fingerprint density at radius 3 is 2.92 bits per heavy atom. The van der Waals surface area contributed by atoms with Gasteiger partial charge in [0, 0.05) is 25.7 Å². The van der Waals surface area contributed by atoms with E-state index in [1.807, 2.05) is 4.90 Å². The fourth-order valence-electron chi connectivity index (χ4n) is 1.60. The van der Waals surface area contributed by atoms with Crippen LogP contribution in [-0.4, -0.2) is 49.7 Å². The predicted octanol–water partition coefficient (Wildman–Crippen LogP) is -0.403. The molecule has 0 spiro atoms. The van der Waals surface area contributed by atoms with Crippen LogP contribution < -0.4 is 5.32 Å².